The van der Waals surface area contributed by atoms with E-state index < -0.39 is 0 Å². The number of piperazine rings is 1. The van der Waals surface area contributed by atoms with Crippen molar-refractivity contribution in [1.29, 1.82) is 0 Å². The van der Waals surface area contributed by atoms with E-state index in [1.165, 1.54) is 38.2 Å². The molecule has 3 heteroatoms. The molecule has 0 unspecified atom stereocenters. The first-order valence-electron chi connectivity index (χ1n) is 11.0. The Morgan fingerprint density at radius 1 is 0.645 bits per heavy atom. The fourth-order valence-electron chi connectivity index (χ4n) is 4.79. The highest BCUT2D eigenvalue weighted by atomic mass is 15.2. The van der Waals surface area contributed by atoms with Gasteiger partial charge in [0.2, 0.25) is 0 Å². The summed E-state index contributed by atoms with van der Waals surface area (Å²) < 4.78 is 0. The maximum Gasteiger partial charge on any atom is 0.0730 e. The minimum Gasteiger partial charge on any atom is -0.368 e. The summed E-state index contributed by atoms with van der Waals surface area (Å²) in [6.07, 6.45) is 0. The van der Waals surface area contributed by atoms with Crippen molar-refractivity contribution in [3.63, 3.8) is 0 Å². The van der Waals surface area contributed by atoms with Gasteiger partial charge in [-0.15, -0.1) is 0 Å². The average molecular weight is 404 g/mol. The topological polar surface area (TPSA) is 19.4 Å². The molecule has 3 nitrogen and oxygen atoms in total. The van der Waals surface area contributed by atoms with Crippen LogP contribution in [0.1, 0.15) is 0 Å². The molecule has 1 aliphatic heterocycles. The Bertz CT molecular complexity index is 1410. The van der Waals surface area contributed by atoms with Crippen LogP contribution in [0.5, 0.6) is 0 Å². The number of rotatable bonds is 2. The molecule has 1 aliphatic rings. The number of para-hydroxylation sites is 1. The molecule has 6 rings (SSSR count). The van der Waals surface area contributed by atoms with E-state index in [9.17, 15) is 0 Å². The number of aromatic nitrogens is 1. The predicted octanol–water partition coefficient (Wildman–Crippen LogP) is 5.96. The summed E-state index contributed by atoms with van der Waals surface area (Å²) in [4.78, 5) is 9.96. The number of anilines is 1. The van der Waals surface area contributed by atoms with Gasteiger partial charge in [-0.25, -0.2) is 4.98 Å². The zero-order valence-electron chi connectivity index (χ0n) is 17.8. The quantitative estimate of drug-likeness (QED) is 0.339. The molecular weight excluding hydrogens is 378 g/mol. The Morgan fingerprint density at radius 2 is 1.35 bits per heavy atom. The smallest absolute Gasteiger partial charge is 0.0730 e. The van der Waals surface area contributed by atoms with Crippen molar-refractivity contribution in [2.45, 2.75) is 0 Å². The summed E-state index contributed by atoms with van der Waals surface area (Å²) >= 11 is 0. The van der Waals surface area contributed by atoms with E-state index in [-0.39, 0.29) is 0 Å². The summed E-state index contributed by atoms with van der Waals surface area (Å²) in [6, 6.07) is 30.6. The van der Waals surface area contributed by atoms with Crippen molar-refractivity contribution in [3.8, 4) is 11.3 Å². The predicted molar refractivity (Wildman–Crippen MR) is 132 cm³/mol. The SMILES string of the molecule is CN1CCN(c2cc(-c3ccc4c(ccc5ccccc54)c3)nc3ccccc23)CC1. The van der Waals surface area contributed by atoms with Gasteiger partial charge in [-0.05, 0) is 46.8 Å². The highest BCUT2D eigenvalue weighted by Crippen LogP contribution is 2.34. The highest BCUT2D eigenvalue weighted by Gasteiger charge is 2.18. The summed E-state index contributed by atoms with van der Waals surface area (Å²) in [6.45, 7) is 4.28. The largest absolute Gasteiger partial charge is 0.368 e. The van der Waals surface area contributed by atoms with Crippen LogP contribution < -0.4 is 4.90 Å². The molecular formula is C28H25N3. The van der Waals surface area contributed by atoms with Crippen LogP contribution in [0.25, 0.3) is 43.7 Å². The third kappa shape index (κ3) is 3.22. The van der Waals surface area contributed by atoms with Crippen LogP contribution in [-0.4, -0.2) is 43.1 Å². The van der Waals surface area contributed by atoms with Gasteiger partial charge in [0.25, 0.3) is 0 Å². The van der Waals surface area contributed by atoms with Gasteiger partial charge in [0, 0.05) is 42.8 Å². The monoisotopic (exact) mass is 403 g/mol. The van der Waals surface area contributed by atoms with E-state index >= 15 is 0 Å². The first-order chi connectivity index (χ1) is 15.3. The first-order valence-corrected chi connectivity index (χ1v) is 11.0. The fraction of sp³-hybridized carbons (Fsp3) is 0.179. The van der Waals surface area contributed by atoms with Gasteiger partial charge in [-0.2, -0.15) is 0 Å². The van der Waals surface area contributed by atoms with Gasteiger partial charge in [0.15, 0.2) is 0 Å². The number of benzene rings is 4. The molecule has 0 radical (unpaired) electrons. The molecule has 0 bridgehead atoms. The van der Waals surface area contributed by atoms with Gasteiger partial charge < -0.3 is 9.80 Å². The zero-order valence-corrected chi connectivity index (χ0v) is 17.8. The molecule has 0 spiro atoms. The van der Waals surface area contributed by atoms with E-state index in [0.717, 1.165) is 37.4 Å². The molecule has 0 amide bonds. The number of pyridine rings is 1. The normalized spacial score (nSPS) is 15.2. The number of likely N-dealkylation sites (N-methyl/N-ethyl adjacent to an activating group) is 1. The van der Waals surface area contributed by atoms with Gasteiger partial charge in [-0.3, -0.25) is 0 Å². The molecule has 1 aromatic heterocycles. The molecule has 0 saturated carbocycles. The van der Waals surface area contributed by atoms with E-state index in [0.29, 0.717) is 0 Å². The first kappa shape index (κ1) is 18.3. The average Bonchev–Trinajstić information content (AvgIpc) is 2.83. The molecule has 31 heavy (non-hydrogen) atoms. The van der Waals surface area contributed by atoms with Crippen LogP contribution in [0.15, 0.2) is 84.9 Å². The van der Waals surface area contributed by atoms with Crippen LogP contribution in [0.3, 0.4) is 0 Å². The fourth-order valence-corrected chi connectivity index (χ4v) is 4.79. The summed E-state index contributed by atoms with van der Waals surface area (Å²) in [5.74, 6) is 0. The molecule has 0 N–H and O–H groups in total. The Balaban J connectivity index is 1.51. The van der Waals surface area contributed by atoms with Crippen LogP contribution in [-0.2, 0) is 0 Å². The number of hydrogen-bond acceptors (Lipinski definition) is 3. The highest BCUT2D eigenvalue weighted by molar-refractivity contribution is 6.08. The van der Waals surface area contributed by atoms with Crippen LogP contribution >= 0.6 is 0 Å². The lowest BCUT2D eigenvalue weighted by atomic mass is 9.98. The lowest BCUT2D eigenvalue weighted by Crippen LogP contribution is -2.44. The third-order valence-corrected chi connectivity index (χ3v) is 6.58. The molecule has 0 atom stereocenters. The standard InChI is InChI=1S/C28H25N3/c1-30-14-16-31(17-15-30)28-19-27(29-26-9-5-4-8-25(26)28)22-12-13-24-21(18-22)11-10-20-6-2-3-7-23(20)24/h2-13,18-19H,14-17H2,1H3. The van der Waals surface area contributed by atoms with Crippen molar-refractivity contribution in [1.82, 2.24) is 9.88 Å². The molecule has 1 fully saturated rings. The minimum absolute atomic E-state index is 1.04. The number of hydrogen-bond donors (Lipinski definition) is 0. The summed E-state index contributed by atoms with van der Waals surface area (Å²) in [5, 5.41) is 6.37. The van der Waals surface area contributed by atoms with Crippen LogP contribution in [0.4, 0.5) is 5.69 Å². The second-order valence-electron chi connectivity index (χ2n) is 8.56. The van der Waals surface area contributed by atoms with Gasteiger partial charge in [0.05, 0.1) is 11.2 Å². The summed E-state index contributed by atoms with van der Waals surface area (Å²) in [7, 11) is 2.20. The lowest BCUT2D eigenvalue weighted by Gasteiger charge is -2.34. The third-order valence-electron chi connectivity index (χ3n) is 6.58. The number of nitrogens with zero attached hydrogens (tertiary/aromatic N) is 3. The minimum atomic E-state index is 1.04. The van der Waals surface area contributed by atoms with Gasteiger partial charge >= 0.3 is 0 Å². The molecule has 5 aromatic rings. The van der Waals surface area contributed by atoms with Crippen molar-refractivity contribution < 1.29 is 0 Å². The molecule has 152 valence electrons. The van der Waals surface area contributed by atoms with Crippen molar-refractivity contribution >= 4 is 38.1 Å². The van der Waals surface area contributed by atoms with Gasteiger partial charge in [0.1, 0.15) is 0 Å². The lowest BCUT2D eigenvalue weighted by molar-refractivity contribution is 0.313. The Hall–Kier alpha value is -3.43. The molecule has 2 heterocycles. The summed E-state index contributed by atoms with van der Waals surface area (Å²) in [5.41, 5.74) is 4.58. The zero-order chi connectivity index (χ0) is 20.8. The van der Waals surface area contributed by atoms with Crippen LogP contribution in [0.2, 0.25) is 0 Å². The second-order valence-corrected chi connectivity index (χ2v) is 8.56. The molecule has 4 aromatic carbocycles. The second kappa shape index (κ2) is 7.36. The maximum absolute atomic E-state index is 5.05. The van der Waals surface area contributed by atoms with E-state index in [1.54, 1.807) is 0 Å². The Morgan fingerprint density at radius 3 is 2.23 bits per heavy atom. The maximum atomic E-state index is 5.05. The van der Waals surface area contributed by atoms with E-state index in [2.05, 4.69) is 102 Å². The van der Waals surface area contributed by atoms with Crippen molar-refractivity contribution in [2.24, 2.45) is 0 Å². The van der Waals surface area contributed by atoms with Crippen LogP contribution in [0, 0.1) is 0 Å². The van der Waals surface area contributed by atoms with E-state index in [1.807, 2.05) is 0 Å². The van der Waals surface area contributed by atoms with Gasteiger partial charge in [-0.1, -0.05) is 66.7 Å². The number of fused-ring (bicyclic) bond motifs is 4. The van der Waals surface area contributed by atoms with E-state index in [4.69, 9.17) is 4.98 Å². The molecule has 0 aliphatic carbocycles. The van der Waals surface area contributed by atoms with Crippen molar-refractivity contribution in [2.75, 3.05) is 38.1 Å². The Labute approximate surface area is 182 Å². The Kier molecular flexibility index (Phi) is 4.36. The molecule has 1 saturated heterocycles. The van der Waals surface area contributed by atoms with Crippen molar-refractivity contribution in [3.05, 3.63) is 84.9 Å².